The number of aryl methyl sites for hydroxylation is 2. The summed E-state index contributed by atoms with van der Waals surface area (Å²) in [6.07, 6.45) is -0.663. The molecule has 5 rings (SSSR count). The van der Waals surface area contributed by atoms with Crippen LogP contribution in [0.1, 0.15) is 37.4 Å². The van der Waals surface area contributed by atoms with E-state index in [0.29, 0.717) is 36.6 Å². The molecule has 34 heavy (non-hydrogen) atoms. The molecule has 1 aliphatic heterocycles. The van der Waals surface area contributed by atoms with Crippen LogP contribution in [0.25, 0.3) is 27.9 Å². The summed E-state index contributed by atoms with van der Waals surface area (Å²) >= 11 is 0. The Morgan fingerprint density at radius 2 is 2.03 bits per heavy atom. The number of amides is 1. The lowest BCUT2D eigenvalue weighted by Crippen LogP contribution is -2.38. The first-order valence-corrected chi connectivity index (χ1v) is 11.1. The maximum atomic E-state index is 13.8. The van der Waals surface area contributed by atoms with Gasteiger partial charge in [0.05, 0.1) is 22.3 Å². The van der Waals surface area contributed by atoms with Gasteiger partial charge in [0.1, 0.15) is 6.04 Å². The molecule has 178 valence electrons. The number of benzene rings is 1. The fraction of sp³-hybridized carbons (Fsp3) is 0.409. The molecule has 0 bridgehead atoms. The van der Waals surface area contributed by atoms with E-state index in [2.05, 4.69) is 30.8 Å². The van der Waals surface area contributed by atoms with Crippen LogP contribution < -0.4 is 10.6 Å². The summed E-state index contributed by atoms with van der Waals surface area (Å²) in [5.74, 6) is 0.120. The van der Waals surface area contributed by atoms with Gasteiger partial charge < -0.3 is 10.6 Å². The Balaban J connectivity index is 1.74. The van der Waals surface area contributed by atoms with Crippen molar-refractivity contribution in [1.82, 2.24) is 34.7 Å². The Morgan fingerprint density at radius 3 is 2.76 bits per heavy atom. The van der Waals surface area contributed by atoms with Crippen molar-refractivity contribution in [3.63, 3.8) is 0 Å². The van der Waals surface area contributed by atoms with Crippen LogP contribution in [0.5, 0.6) is 0 Å². The van der Waals surface area contributed by atoms with Gasteiger partial charge in [0, 0.05) is 24.7 Å². The maximum absolute atomic E-state index is 13.8. The molecule has 1 amide bonds. The summed E-state index contributed by atoms with van der Waals surface area (Å²) in [6, 6.07) is 3.20. The van der Waals surface area contributed by atoms with Crippen LogP contribution in [0, 0.1) is 6.92 Å². The van der Waals surface area contributed by atoms with Crippen LogP contribution in [0.3, 0.4) is 0 Å². The molecule has 4 heterocycles. The van der Waals surface area contributed by atoms with Crippen LogP contribution in [0.15, 0.2) is 24.4 Å². The van der Waals surface area contributed by atoms with Gasteiger partial charge in [0.2, 0.25) is 11.9 Å². The van der Waals surface area contributed by atoms with Gasteiger partial charge in [-0.15, -0.1) is 5.10 Å². The van der Waals surface area contributed by atoms with E-state index < -0.39 is 17.8 Å². The van der Waals surface area contributed by atoms with Gasteiger partial charge in [-0.25, -0.2) is 9.97 Å². The van der Waals surface area contributed by atoms with E-state index in [4.69, 9.17) is 0 Å². The standard InChI is InChI=1S/C22H23F3N8O/c1-3-32-11-14(12(2)30-32)18-29-19-13-7-6-8-15(22(23,24)25)17(13)28-21(33(19)31-18)27-16-9-4-5-10-26-20(16)34/h6-8,11,16H,3-5,9-10H2,1-2H3,(H,26,34)(H,27,28)/t16-/m1/s1. The highest BCUT2D eigenvalue weighted by Crippen LogP contribution is 2.36. The topological polar surface area (TPSA) is 102 Å². The minimum atomic E-state index is -4.61. The van der Waals surface area contributed by atoms with Crippen molar-refractivity contribution in [3.8, 4) is 11.4 Å². The highest BCUT2D eigenvalue weighted by atomic mass is 19.4. The van der Waals surface area contributed by atoms with E-state index in [-0.39, 0.29) is 28.4 Å². The zero-order valence-electron chi connectivity index (χ0n) is 18.6. The third-order valence-corrected chi connectivity index (χ3v) is 5.96. The molecule has 0 unspecified atom stereocenters. The van der Waals surface area contributed by atoms with Crippen molar-refractivity contribution in [2.45, 2.75) is 51.9 Å². The van der Waals surface area contributed by atoms with Gasteiger partial charge in [-0.2, -0.15) is 22.8 Å². The molecule has 9 nitrogen and oxygen atoms in total. The molecule has 4 aromatic rings. The number of aromatic nitrogens is 6. The zero-order chi connectivity index (χ0) is 24.0. The van der Waals surface area contributed by atoms with Gasteiger partial charge in [0.15, 0.2) is 11.5 Å². The van der Waals surface area contributed by atoms with Crippen LogP contribution in [-0.4, -0.2) is 47.9 Å². The Kier molecular flexibility index (Phi) is 5.37. The number of anilines is 1. The molecule has 1 aliphatic rings. The van der Waals surface area contributed by atoms with Crippen molar-refractivity contribution >= 4 is 28.4 Å². The molecule has 12 heteroatoms. The summed E-state index contributed by atoms with van der Waals surface area (Å²) in [6.45, 7) is 4.98. The Labute approximate surface area is 192 Å². The molecule has 1 fully saturated rings. The largest absolute Gasteiger partial charge is 0.418 e. The van der Waals surface area contributed by atoms with Gasteiger partial charge in [-0.05, 0) is 45.2 Å². The number of para-hydroxylation sites is 1. The number of hydrogen-bond donors (Lipinski definition) is 2. The minimum absolute atomic E-state index is 0.0283. The van der Waals surface area contributed by atoms with Gasteiger partial charge in [-0.3, -0.25) is 9.48 Å². The molecule has 1 saturated heterocycles. The Hall–Kier alpha value is -3.70. The van der Waals surface area contributed by atoms with Crippen molar-refractivity contribution in [1.29, 1.82) is 0 Å². The van der Waals surface area contributed by atoms with Crippen LogP contribution >= 0.6 is 0 Å². The summed E-state index contributed by atoms with van der Waals surface area (Å²) in [7, 11) is 0. The number of alkyl halides is 3. The summed E-state index contributed by atoms with van der Waals surface area (Å²) < 4.78 is 44.5. The van der Waals surface area contributed by atoms with E-state index in [1.165, 1.54) is 16.6 Å². The van der Waals surface area contributed by atoms with Crippen molar-refractivity contribution in [2.75, 3.05) is 11.9 Å². The summed E-state index contributed by atoms with van der Waals surface area (Å²) in [4.78, 5) is 21.4. The fourth-order valence-corrected chi connectivity index (χ4v) is 4.20. The first-order valence-electron chi connectivity index (χ1n) is 11.1. The SMILES string of the molecule is CCn1cc(-c2nc3c4cccc(C(F)(F)F)c4nc(N[C@@H]4CCCCNC4=O)n3n2)c(C)n1. The van der Waals surface area contributed by atoms with Crippen molar-refractivity contribution in [3.05, 3.63) is 35.7 Å². The number of carbonyl (C=O) groups is 1. The molecule has 0 radical (unpaired) electrons. The molecule has 2 N–H and O–H groups in total. The van der Waals surface area contributed by atoms with Crippen molar-refractivity contribution < 1.29 is 18.0 Å². The highest BCUT2D eigenvalue weighted by Gasteiger charge is 2.34. The van der Waals surface area contributed by atoms with Gasteiger partial charge >= 0.3 is 6.18 Å². The van der Waals surface area contributed by atoms with E-state index in [9.17, 15) is 18.0 Å². The molecule has 1 aromatic carbocycles. The van der Waals surface area contributed by atoms with Crippen LogP contribution in [0.2, 0.25) is 0 Å². The first-order chi connectivity index (χ1) is 16.3. The third kappa shape index (κ3) is 3.82. The predicted molar refractivity (Wildman–Crippen MR) is 119 cm³/mol. The average molecular weight is 472 g/mol. The summed E-state index contributed by atoms with van der Waals surface area (Å²) in [5.41, 5.74) is 0.457. The lowest BCUT2D eigenvalue weighted by atomic mass is 10.1. The second-order valence-electron chi connectivity index (χ2n) is 8.27. The van der Waals surface area contributed by atoms with E-state index in [1.807, 2.05) is 13.8 Å². The number of nitrogens with one attached hydrogen (secondary N) is 2. The Bertz CT molecular complexity index is 1390. The minimum Gasteiger partial charge on any atom is -0.354 e. The molecule has 0 saturated carbocycles. The normalized spacial score (nSPS) is 17.2. The van der Waals surface area contributed by atoms with E-state index in [0.717, 1.165) is 18.9 Å². The second-order valence-corrected chi connectivity index (χ2v) is 8.27. The monoisotopic (exact) mass is 472 g/mol. The number of fused-ring (bicyclic) bond motifs is 3. The lowest BCUT2D eigenvalue weighted by Gasteiger charge is -2.17. The number of halogens is 3. The van der Waals surface area contributed by atoms with Gasteiger partial charge in [0.25, 0.3) is 0 Å². The molecule has 0 aliphatic carbocycles. The first kappa shape index (κ1) is 22.1. The highest BCUT2D eigenvalue weighted by molar-refractivity contribution is 5.95. The predicted octanol–water partition coefficient (Wildman–Crippen LogP) is 3.57. The fourth-order valence-electron chi connectivity index (χ4n) is 4.20. The average Bonchev–Trinajstić information content (AvgIpc) is 3.34. The number of nitrogens with zero attached hydrogens (tertiary/aromatic N) is 6. The number of carbonyl (C=O) groups excluding carboxylic acids is 1. The summed E-state index contributed by atoms with van der Waals surface area (Å²) in [5, 5.41) is 15.0. The van der Waals surface area contributed by atoms with Crippen molar-refractivity contribution in [2.24, 2.45) is 0 Å². The number of rotatable bonds is 4. The molecular weight excluding hydrogens is 449 g/mol. The second kappa shape index (κ2) is 8.26. The lowest BCUT2D eigenvalue weighted by molar-refractivity contribution is -0.136. The zero-order valence-corrected chi connectivity index (χ0v) is 18.6. The molecule has 1 atom stereocenters. The van der Waals surface area contributed by atoms with E-state index in [1.54, 1.807) is 10.9 Å². The molecular formula is C22H23F3N8O. The van der Waals surface area contributed by atoms with E-state index >= 15 is 0 Å². The maximum Gasteiger partial charge on any atom is 0.418 e. The smallest absolute Gasteiger partial charge is 0.354 e. The molecule has 0 spiro atoms. The van der Waals surface area contributed by atoms with Gasteiger partial charge in [-0.1, -0.05) is 6.07 Å². The number of hydrogen-bond acceptors (Lipinski definition) is 6. The third-order valence-electron chi connectivity index (χ3n) is 5.96. The van der Waals surface area contributed by atoms with Crippen LogP contribution in [-0.2, 0) is 17.5 Å². The quantitative estimate of drug-likeness (QED) is 0.471. The van der Waals surface area contributed by atoms with Crippen LogP contribution in [0.4, 0.5) is 19.1 Å². The molecule has 3 aromatic heterocycles. The Morgan fingerprint density at radius 1 is 1.21 bits per heavy atom.